The Morgan fingerprint density at radius 3 is 2.57 bits per heavy atom. The fourth-order valence-electron chi connectivity index (χ4n) is 2.41. The van der Waals surface area contributed by atoms with Gasteiger partial charge >= 0.3 is 0 Å². The predicted molar refractivity (Wildman–Crippen MR) is 92.4 cm³/mol. The molecule has 0 unspecified atom stereocenters. The minimum Gasteiger partial charge on any atom is -0.497 e. The van der Waals surface area contributed by atoms with Crippen LogP contribution in [0.5, 0.6) is 5.75 Å². The van der Waals surface area contributed by atoms with Gasteiger partial charge in [-0.25, -0.2) is 4.90 Å². The molecule has 2 aromatic carbocycles. The van der Waals surface area contributed by atoms with Crippen molar-refractivity contribution in [2.45, 2.75) is 11.7 Å². The molecule has 2 aromatic rings. The fraction of sp³-hybridized carbons (Fsp3) is 0.176. The van der Waals surface area contributed by atoms with Crippen LogP contribution in [-0.2, 0) is 11.2 Å². The first-order chi connectivity index (χ1) is 11.1. The molecule has 1 aliphatic heterocycles. The third-order valence-electron chi connectivity index (χ3n) is 3.57. The lowest BCUT2D eigenvalue weighted by Gasteiger charge is -2.14. The van der Waals surface area contributed by atoms with E-state index in [1.54, 1.807) is 31.4 Å². The highest BCUT2D eigenvalue weighted by Crippen LogP contribution is 2.34. The summed E-state index contributed by atoms with van der Waals surface area (Å²) in [6.07, 6.45) is 0.496. The van der Waals surface area contributed by atoms with Crippen LogP contribution >= 0.6 is 23.4 Å². The molecule has 0 aromatic heterocycles. The summed E-state index contributed by atoms with van der Waals surface area (Å²) < 4.78 is 5.12. The van der Waals surface area contributed by atoms with Crippen molar-refractivity contribution in [2.24, 2.45) is 0 Å². The number of amides is 2. The van der Waals surface area contributed by atoms with Crippen LogP contribution < -0.4 is 9.64 Å². The largest absolute Gasteiger partial charge is 0.497 e. The zero-order valence-corrected chi connectivity index (χ0v) is 13.9. The molecule has 1 saturated heterocycles. The van der Waals surface area contributed by atoms with Crippen LogP contribution in [0.4, 0.5) is 10.5 Å². The smallest absolute Gasteiger partial charge is 0.293 e. The third-order valence-corrected chi connectivity index (χ3v) is 4.84. The van der Waals surface area contributed by atoms with Gasteiger partial charge in [0, 0.05) is 5.02 Å². The van der Waals surface area contributed by atoms with Gasteiger partial charge in [-0.1, -0.05) is 41.6 Å². The van der Waals surface area contributed by atoms with Crippen molar-refractivity contribution >= 4 is 40.2 Å². The monoisotopic (exact) mass is 347 g/mol. The first-order valence-electron chi connectivity index (χ1n) is 7.01. The number of methoxy groups -OCH3 is 1. The van der Waals surface area contributed by atoms with Crippen molar-refractivity contribution in [3.05, 3.63) is 59.1 Å². The standard InChI is InChI=1S/C17H14ClNO3S/c1-22-14-7-5-11(6-8-14)9-15-16(20)19(17(21)23-15)13-4-2-3-12(18)10-13/h2-8,10,15H,9H2,1H3/t15-/m0/s1. The Morgan fingerprint density at radius 1 is 1.17 bits per heavy atom. The zero-order chi connectivity index (χ0) is 16.4. The summed E-state index contributed by atoms with van der Waals surface area (Å²) in [4.78, 5) is 26.0. The summed E-state index contributed by atoms with van der Waals surface area (Å²) in [7, 11) is 1.60. The van der Waals surface area contributed by atoms with E-state index in [0.29, 0.717) is 17.1 Å². The molecule has 0 spiro atoms. The summed E-state index contributed by atoms with van der Waals surface area (Å²) in [6.45, 7) is 0. The van der Waals surface area contributed by atoms with Gasteiger partial charge in [0.05, 0.1) is 18.0 Å². The van der Waals surface area contributed by atoms with Crippen LogP contribution in [0.15, 0.2) is 48.5 Å². The van der Waals surface area contributed by atoms with E-state index in [0.717, 1.165) is 23.1 Å². The number of hydrogen-bond donors (Lipinski definition) is 0. The second-order valence-corrected chi connectivity index (χ2v) is 6.67. The molecule has 1 atom stereocenters. The van der Waals surface area contributed by atoms with Crippen molar-refractivity contribution < 1.29 is 14.3 Å². The fourth-order valence-corrected chi connectivity index (χ4v) is 3.62. The van der Waals surface area contributed by atoms with E-state index in [4.69, 9.17) is 16.3 Å². The third kappa shape index (κ3) is 3.35. The van der Waals surface area contributed by atoms with Crippen LogP contribution in [0.2, 0.25) is 5.02 Å². The molecule has 2 amide bonds. The molecule has 118 valence electrons. The van der Waals surface area contributed by atoms with Gasteiger partial charge in [0.2, 0.25) is 5.91 Å². The summed E-state index contributed by atoms with van der Waals surface area (Å²) in [5.41, 5.74) is 1.50. The van der Waals surface area contributed by atoms with E-state index in [2.05, 4.69) is 0 Å². The molecule has 0 radical (unpaired) electrons. The Balaban J connectivity index is 1.78. The molecule has 3 rings (SSSR count). The number of imide groups is 1. The second kappa shape index (κ2) is 6.64. The molecule has 23 heavy (non-hydrogen) atoms. The van der Waals surface area contributed by atoms with Gasteiger partial charge in [-0.05, 0) is 42.3 Å². The van der Waals surface area contributed by atoms with Gasteiger partial charge in [0.1, 0.15) is 5.75 Å². The topological polar surface area (TPSA) is 46.6 Å². The lowest BCUT2D eigenvalue weighted by Crippen LogP contribution is -2.32. The minimum atomic E-state index is -0.421. The lowest BCUT2D eigenvalue weighted by molar-refractivity contribution is -0.117. The number of carbonyl (C=O) groups excluding carboxylic acids is 2. The number of ether oxygens (including phenoxy) is 1. The average Bonchev–Trinajstić information content (AvgIpc) is 2.82. The van der Waals surface area contributed by atoms with Crippen LogP contribution in [0, 0.1) is 0 Å². The van der Waals surface area contributed by atoms with E-state index < -0.39 is 5.25 Å². The van der Waals surface area contributed by atoms with Crippen molar-refractivity contribution in [1.82, 2.24) is 0 Å². The SMILES string of the molecule is COc1ccc(C[C@@H]2SC(=O)N(c3cccc(Cl)c3)C2=O)cc1. The predicted octanol–water partition coefficient (Wildman–Crippen LogP) is 4.16. The average molecular weight is 348 g/mol. The molecule has 6 heteroatoms. The highest BCUT2D eigenvalue weighted by atomic mass is 35.5. The number of hydrogen-bond acceptors (Lipinski definition) is 4. The molecule has 1 fully saturated rings. The van der Waals surface area contributed by atoms with Crippen LogP contribution in [-0.4, -0.2) is 23.5 Å². The molecule has 0 bridgehead atoms. The van der Waals surface area contributed by atoms with Gasteiger partial charge in [0.25, 0.3) is 5.24 Å². The Bertz CT molecular complexity index is 748. The van der Waals surface area contributed by atoms with E-state index in [-0.39, 0.29) is 11.1 Å². The zero-order valence-electron chi connectivity index (χ0n) is 12.4. The normalized spacial score (nSPS) is 17.7. The maximum atomic E-state index is 12.6. The van der Waals surface area contributed by atoms with Crippen molar-refractivity contribution in [2.75, 3.05) is 12.0 Å². The molecule has 0 saturated carbocycles. The van der Waals surface area contributed by atoms with Crippen LogP contribution in [0.1, 0.15) is 5.56 Å². The van der Waals surface area contributed by atoms with Crippen LogP contribution in [0.3, 0.4) is 0 Å². The number of halogens is 1. The summed E-state index contributed by atoms with van der Waals surface area (Å²) in [5, 5.41) is -0.197. The van der Waals surface area contributed by atoms with E-state index >= 15 is 0 Å². The minimum absolute atomic E-state index is 0.210. The molecule has 4 nitrogen and oxygen atoms in total. The number of thioether (sulfide) groups is 1. The van der Waals surface area contributed by atoms with E-state index in [9.17, 15) is 9.59 Å². The van der Waals surface area contributed by atoms with Crippen molar-refractivity contribution in [1.29, 1.82) is 0 Å². The molecule has 0 N–H and O–H groups in total. The van der Waals surface area contributed by atoms with Gasteiger partial charge < -0.3 is 4.74 Å². The highest BCUT2D eigenvalue weighted by molar-refractivity contribution is 8.15. The number of nitrogens with zero attached hydrogens (tertiary/aromatic N) is 1. The van der Waals surface area contributed by atoms with E-state index in [1.807, 2.05) is 24.3 Å². The Kier molecular flexibility index (Phi) is 4.59. The quantitative estimate of drug-likeness (QED) is 0.833. The molecule has 1 heterocycles. The van der Waals surface area contributed by atoms with E-state index in [1.165, 1.54) is 4.90 Å². The maximum Gasteiger partial charge on any atom is 0.293 e. The lowest BCUT2D eigenvalue weighted by atomic mass is 10.1. The van der Waals surface area contributed by atoms with Gasteiger partial charge in [-0.15, -0.1) is 0 Å². The van der Waals surface area contributed by atoms with Crippen molar-refractivity contribution in [3.8, 4) is 5.75 Å². The number of benzene rings is 2. The number of rotatable bonds is 4. The van der Waals surface area contributed by atoms with Gasteiger partial charge in [-0.3, -0.25) is 9.59 Å². The summed E-state index contributed by atoms with van der Waals surface area (Å²) in [5.74, 6) is 0.550. The molecular formula is C17H14ClNO3S. The molecule has 1 aliphatic rings. The first-order valence-corrected chi connectivity index (χ1v) is 8.27. The Morgan fingerprint density at radius 2 is 1.91 bits per heavy atom. The summed E-state index contributed by atoms with van der Waals surface area (Å²) >= 11 is 7.00. The van der Waals surface area contributed by atoms with Crippen molar-refractivity contribution in [3.63, 3.8) is 0 Å². The Hall–Kier alpha value is -1.98. The molecule has 0 aliphatic carbocycles. The summed E-state index contributed by atoms with van der Waals surface area (Å²) in [6, 6.07) is 14.2. The van der Waals surface area contributed by atoms with Crippen LogP contribution in [0.25, 0.3) is 0 Å². The maximum absolute atomic E-state index is 12.6. The highest BCUT2D eigenvalue weighted by Gasteiger charge is 2.40. The first kappa shape index (κ1) is 15.9. The number of anilines is 1. The molecular weight excluding hydrogens is 334 g/mol. The van der Waals surface area contributed by atoms with Gasteiger partial charge in [-0.2, -0.15) is 0 Å². The Labute approximate surface area is 143 Å². The number of carbonyl (C=O) groups is 2. The van der Waals surface area contributed by atoms with Gasteiger partial charge in [0.15, 0.2) is 0 Å². The second-order valence-electron chi connectivity index (χ2n) is 5.08.